The third kappa shape index (κ3) is 5.33. The van der Waals surface area contributed by atoms with Crippen molar-refractivity contribution < 1.29 is 31.4 Å². The smallest absolute Gasteiger partial charge is 0.261 e. The highest BCUT2D eigenvalue weighted by Gasteiger charge is 2.18. The summed E-state index contributed by atoms with van der Waals surface area (Å²) >= 11 is 0. The molecule has 0 spiro atoms. The van der Waals surface area contributed by atoms with Gasteiger partial charge >= 0.3 is 0 Å². The number of carbonyl (C=O) groups excluding carboxylic acids is 2. The zero-order chi connectivity index (χ0) is 25.8. The number of hydrogen-bond acceptors (Lipinski definition) is 3. The van der Waals surface area contributed by atoms with Crippen molar-refractivity contribution in [2.45, 2.75) is 9.79 Å². The van der Waals surface area contributed by atoms with Crippen LogP contribution in [0.5, 0.6) is 0 Å². The van der Waals surface area contributed by atoms with E-state index in [0.717, 1.165) is 36.4 Å². The summed E-state index contributed by atoms with van der Waals surface area (Å²) in [5.74, 6) is -5.92. The van der Waals surface area contributed by atoms with E-state index in [0.29, 0.717) is 9.79 Å². The first-order valence-corrected chi connectivity index (χ1v) is 11.5. The number of benzene rings is 4. The van der Waals surface area contributed by atoms with Crippen LogP contribution in [0.1, 0.15) is 20.7 Å². The zero-order valence-electron chi connectivity index (χ0n) is 18.2. The number of rotatable bonds is 6. The van der Waals surface area contributed by atoms with Crippen molar-refractivity contribution in [1.82, 2.24) is 0 Å². The molecular weight excluding hydrogens is 496 g/mol. The lowest BCUT2D eigenvalue weighted by Gasteiger charge is -2.09. The molecule has 0 aliphatic carbocycles. The lowest BCUT2D eigenvalue weighted by molar-refractivity contribution is 0.101. The summed E-state index contributed by atoms with van der Waals surface area (Å²) < 4.78 is 68.0. The molecule has 0 atom stereocenters. The second-order valence-corrected chi connectivity index (χ2v) is 8.90. The van der Waals surface area contributed by atoms with Crippen molar-refractivity contribution in [2.75, 3.05) is 10.6 Å². The van der Waals surface area contributed by atoms with Gasteiger partial charge in [0.05, 0.1) is 10.8 Å². The molecule has 10 heteroatoms. The topological polar surface area (TPSA) is 75.3 Å². The first kappa shape index (κ1) is 24.8. The van der Waals surface area contributed by atoms with Crippen molar-refractivity contribution >= 4 is 34.0 Å². The molecule has 0 aromatic heterocycles. The van der Waals surface area contributed by atoms with Gasteiger partial charge in [0.2, 0.25) is 0 Å². The molecule has 0 saturated carbocycles. The molecule has 0 fully saturated rings. The first-order valence-electron chi connectivity index (χ1n) is 10.4. The van der Waals surface area contributed by atoms with Gasteiger partial charge in [-0.15, -0.1) is 0 Å². The molecule has 0 saturated heterocycles. The number of amides is 2. The Labute approximate surface area is 205 Å². The second kappa shape index (κ2) is 10.5. The third-order valence-corrected chi connectivity index (χ3v) is 6.43. The van der Waals surface area contributed by atoms with Gasteiger partial charge in [-0.25, -0.2) is 21.8 Å². The lowest BCUT2D eigenvalue weighted by atomic mass is 10.2. The van der Waals surface area contributed by atoms with Crippen LogP contribution in [0, 0.1) is 23.3 Å². The first-order chi connectivity index (χ1) is 17.2. The fourth-order valence-electron chi connectivity index (χ4n) is 3.28. The van der Waals surface area contributed by atoms with Crippen molar-refractivity contribution in [3.05, 3.63) is 119 Å². The van der Waals surface area contributed by atoms with Gasteiger partial charge in [-0.05, 0) is 72.8 Å². The van der Waals surface area contributed by atoms with E-state index in [2.05, 4.69) is 10.6 Å². The Kier molecular flexibility index (Phi) is 7.25. The van der Waals surface area contributed by atoms with E-state index in [4.69, 9.17) is 0 Å². The van der Waals surface area contributed by atoms with Crippen LogP contribution in [0.4, 0.5) is 28.9 Å². The van der Waals surface area contributed by atoms with Gasteiger partial charge in [0.25, 0.3) is 11.8 Å². The summed E-state index contributed by atoms with van der Waals surface area (Å²) in [7, 11) is -1.64. The average Bonchev–Trinajstić information content (AvgIpc) is 2.84. The Balaban J connectivity index is 1.43. The van der Waals surface area contributed by atoms with Gasteiger partial charge in [0.1, 0.15) is 34.4 Å². The highest BCUT2D eigenvalue weighted by atomic mass is 32.2. The Morgan fingerprint density at radius 3 is 1.14 bits per heavy atom. The van der Waals surface area contributed by atoms with Crippen LogP contribution >= 0.6 is 0 Å². The summed E-state index contributed by atoms with van der Waals surface area (Å²) in [6, 6.07) is 17.8. The molecule has 0 radical (unpaired) electrons. The number of carbonyl (C=O) groups is 2. The summed E-state index contributed by atoms with van der Waals surface area (Å²) in [4.78, 5) is 25.2. The van der Waals surface area contributed by atoms with Gasteiger partial charge in [0.15, 0.2) is 0 Å². The number of halogens is 4. The van der Waals surface area contributed by atoms with Crippen molar-refractivity contribution in [3.8, 4) is 0 Å². The van der Waals surface area contributed by atoms with E-state index in [-0.39, 0.29) is 11.4 Å². The van der Waals surface area contributed by atoms with Crippen LogP contribution in [0.3, 0.4) is 0 Å². The molecule has 0 aliphatic heterocycles. The fraction of sp³-hybridized carbons (Fsp3) is 0. The van der Waals surface area contributed by atoms with Crippen LogP contribution in [0.25, 0.3) is 0 Å². The standard InChI is InChI=1S/C26H16F4N2O3S/c27-19-3-1-4-20(28)23(19)25(33)31-15-7-11-17(12-8-15)36(35)18-13-9-16(10-14-18)32-26(34)24-21(29)5-2-6-22(24)30/h1-14H,(H,31,33)(H,32,34). The largest absolute Gasteiger partial charge is 0.322 e. The Morgan fingerprint density at radius 1 is 0.528 bits per heavy atom. The number of anilines is 2. The number of hydrogen-bond donors (Lipinski definition) is 2. The quantitative estimate of drug-likeness (QED) is 0.315. The van der Waals surface area contributed by atoms with Gasteiger partial charge < -0.3 is 10.6 Å². The summed E-state index contributed by atoms with van der Waals surface area (Å²) in [5, 5.41) is 4.76. The SMILES string of the molecule is O=C(Nc1ccc(S(=O)c2ccc(NC(=O)c3c(F)cccc3F)cc2)cc1)c1c(F)cccc1F. The van der Waals surface area contributed by atoms with Crippen LogP contribution < -0.4 is 10.6 Å². The van der Waals surface area contributed by atoms with Gasteiger partial charge in [-0.2, -0.15) is 0 Å². The molecule has 0 bridgehead atoms. The van der Waals surface area contributed by atoms with Crippen molar-refractivity contribution in [2.24, 2.45) is 0 Å². The average molecular weight is 512 g/mol. The van der Waals surface area contributed by atoms with Gasteiger partial charge in [-0.3, -0.25) is 9.59 Å². The number of nitrogens with one attached hydrogen (secondary N) is 2. The normalized spacial score (nSPS) is 10.8. The molecule has 4 aromatic carbocycles. The second-order valence-electron chi connectivity index (χ2n) is 7.42. The monoisotopic (exact) mass is 512 g/mol. The van der Waals surface area contributed by atoms with Gasteiger partial charge in [-0.1, -0.05) is 12.1 Å². The fourth-order valence-corrected chi connectivity index (χ4v) is 4.32. The van der Waals surface area contributed by atoms with E-state index in [1.807, 2.05) is 0 Å². The van der Waals surface area contributed by atoms with Crippen LogP contribution in [-0.4, -0.2) is 16.0 Å². The van der Waals surface area contributed by atoms with E-state index < -0.39 is 57.0 Å². The Morgan fingerprint density at radius 2 is 0.833 bits per heavy atom. The predicted molar refractivity (Wildman–Crippen MR) is 126 cm³/mol. The Bertz CT molecular complexity index is 1320. The maximum atomic E-state index is 13.8. The molecule has 0 aliphatic rings. The minimum atomic E-state index is -1.64. The van der Waals surface area contributed by atoms with E-state index in [1.165, 1.54) is 48.5 Å². The highest BCUT2D eigenvalue weighted by Crippen LogP contribution is 2.22. The zero-order valence-corrected chi connectivity index (χ0v) is 19.0. The maximum absolute atomic E-state index is 13.8. The molecular formula is C26H16F4N2O3S. The molecule has 5 nitrogen and oxygen atoms in total. The molecule has 2 N–H and O–H groups in total. The van der Waals surface area contributed by atoms with Crippen LogP contribution in [0.2, 0.25) is 0 Å². The predicted octanol–water partition coefficient (Wildman–Crippen LogP) is 5.91. The van der Waals surface area contributed by atoms with Crippen LogP contribution in [-0.2, 0) is 10.8 Å². The van der Waals surface area contributed by atoms with E-state index >= 15 is 0 Å². The molecule has 2 amide bonds. The van der Waals surface area contributed by atoms with E-state index in [1.54, 1.807) is 0 Å². The minimum absolute atomic E-state index is 0.238. The Hall–Kier alpha value is -4.31. The molecule has 0 heterocycles. The molecule has 182 valence electrons. The summed E-state index contributed by atoms with van der Waals surface area (Å²) in [5.41, 5.74) is -0.950. The molecule has 4 aromatic rings. The highest BCUT2D eigenvalue weighted by molar-refractivity contribution is 7.85. The maximum Gasteiger partial charge on any atom is 0.261 e. The van der Waals surface area contributed by atoms with E-state index in [9.17, 15) is 31.4 Å². The third-order valence-electron chi connectivity index (χ3n) is 5.03. The summed E-state index contributed by atoms with van der Waals surface area (Å²) in [6.07, 6.45) is 0. The van der Waals surface area contributed by atoms with Gasteiger partial charge in [0, 0.05) is 21.2 Å². The van der Waals surface area contributed by atoms with Crippen LogP contribution in [0.15, 0.2) is 94.7 Å². The summed E-state index contributed by atoms with van der Waals surface area (Å²) in [6.45, 7) is 0. The molecule has 4 rings (SSSR count). The lowest BCUT2D eigenvalue weighted by Crippen LogP contribution is -2.16. The van der Waals surface area contributed by atoms with Crippen molar-refractivity contribution in [1.29, 1.82) is 0 Å². The minimum Gasteiger partial charge on any atom is -0.322 e. The molecule has 0 unspecified atom stereocenters. The van der Waals surface area contributed by atoms with Crippen molar-refractivity contribution in [3.63, 3.8) is 0 Å². The molecule has 36 heavy (non-hydrogen) atoms.